The zero-order chi connectivity index (χ0) is 31.2. The van der Waals surface area contributed by atoms with Crippen molar-refractivity contribution in [2.75, 3.05) is 4.90 Å². The van der Waals surface area contributed by atoms with Crippen LogP contribution in [0.25, 0.3) is 65.0 Å². The minimum atomic E-state index is 0.650. The van der Waals surface area contributed by atoms with Crippen molar-refractivity contribution < 1.29 is 4.42 Å². The molecule has 3 nitrogen and oxygen atoms in total. The molecule has 0 radical (unpaired) electrons. The summed E-state index contributed by atoms with van der Waals surface area (Å²) in [6.45, 7) is 0. The van der Waals surface area contributed by atoms with Gasteiger partial charge in [-0.05, 0) is 76.9 Å². The van der Waals surface area contributed by atoms with Crippen LogP contribution in [0.15, 0.2) is 174 Å². The summed E-state index contributed by atoms with van der Waals surface area (Å²) in [6.07, 6.45) is 0. The van der Waals surface area contributed by atoms with E-state index in [9.17, 15) is 0 Å². The van der Waals surface area contributed by atoms with Crippen molar-refractivity contribution >= 4 is 59.7 Å². The number of thiophene rings is 1. The molecule has 0 amide bonds. The molecule has 222 valence electrons. The first-order chi connectivity index (χ1) is 23.3. The SMILES string of the molecule is c1ccc(-c2ccc(N(c3cccc(-c4ccccc4)c3)c3ccc4c(c3)sc3cc5oc(-c6ccccc6)nc5cc34)cc2)cc1. The number of aromatic nitrogens is 1. The fraction of sp³-hybridized carbons (Fsp3) is 0. The number of nitrogens with zero attached hydrogens (tertiary/aromatic N) is 2. The average Bonchev–Trinajstić information content (AvgIpc) is 3.72. The lowest BCUT2D eigenvalue weighted by molar-refractivity contribution is 0.620. The Morgan fingerprint density at radius 2 is 1.00 bits per heavy atom. The van der Waals surface area contributed by atoms with E-state index in [1.165, 1.54) is 42.4 Å². The third-order valence-electron chi connectivity index (χ3n) is 8.69. The van der Waals surface area contributed by atoms with Crippen molar-refractivity contribution in [1.82, 2.24) is 4.98 Å². The van der Waals surface area contributed by atoms with Crippen molar-refractivity contribution in [1.29, 1.82) is 0 Å². The third-order valence-corrected chi connectivity index (χ3v) is 9.80. The van der Waals surface area contributed by atoms with Gasteiger partial charge >= 0.3 is 0 Å². The Hall–Kier alpha value is -5.97. The predicted molar refractivity (Wildman–Crippen MR) is 198 cm³/mol. The lowest BCUT2D eigenvalue weighted by atomic mass is 10.0. The second-order valence-corrected chi connectivity index (χ2v) is 12.7. The molecule has 0 saturated heterocycles. The highest BCUT2D eigenvalue weighted by Gasteiger charge is 2.17. The molecule has 0 aliphatic carbocycles. The maximum Gasteiger partial charge on any atom is 0.227 e. The number of hydrogen-bond donors (Lipinski definition) is 0. The van der Waals surface area contributed by atoms with Crippen LogP contribution in [-0.2, 0) is 0 Å². The molecule has 0 aliphatic rings. The minimum Gasteiger partial charge on any atom is -0.436 e. The van der Waals surface area contributed by atoms with E-state index in [0.717, 1.165) is 33.7 Å². The van der Waals surface area contributed by atoms with Crippen LogP contribution in [-0.4, -0.2) is 4.98 Å². The van der Waals surface area contributed by atoms with Crippen LogP contribution in [0, 0.1) is 0 Å². The number of fused-ring (bicyclic) bond motifs is 4. The Morgan fingerprint density at radius 1 is 0.426 bits per heavy atom. The second kappa shape index (κ2) is 11.4. The summed E-state index contributed by atoms with van der Waals surface area (Å²) >= 11 is 1.79. The zero-order valence-corrected chi connectivity index (χ0v) is 26.2. The maximum absolute atomic E-state index is 6.21. The van der Waals surface area contributed by atoms with Gasteiger partial charge in [-0.25, -0.2) is 4.98 Å². The molecular formula is C43H28N2OS. The number of anilines is 3. The number of hydrogen-bond acceptors (Lipinski definition) is 4. The van der Waals surface area contributed by atoms with Gasteiger partial charge < -0.3 is 9.32 Å². The van der Waals surface area contributed by atoms with Gasteiger partial charge in [0.2, 0.25) is 5.89 Å². The van der Waals surface area contributed by atoms with E-state index in [1.54, 1.807) is 11.3 Å². The van der Waals surface area contributed by atoms with Crippen molar-refractivity contribution in [2.45, 2.75) is 0 Å². The molecule has 0 unspecified atom stereocenters. The molecule has 0 atom stereocenters. The van der Waals surface area contributed by atoms with E-state index in [-0.39, 0.29) is 0 Å². The Morgan fingerprint density at radius 3 is 1.72 bits per heavy atom. The summed E-state index contributed by atoms with van der Waals surface area (Å²) < 4.78 is 8.62. The highest BCUT2D eigenvalue weighted by molar-refractivity contribution is 7.25. The molecule has 0 aliphatic heterocycles. The standard InChI is InChI=1S/C43H28N2OS/c1-4-11-29(12-5-1)31-19-21-34(22-20-31)45(35-18-10-17-33(25-35)30-13-6-2-7-14-30)36-23-24-37-38-27-39-40(28-42(38)47-41(37)26-36)46-43(44-39)32-15-8-3-9-16-32/h1-28H. The van der Waals surface area contributed by atoms with Gasteiger partial charge in [0.15, 0.2) is 5.58 Å². The topological polar surface area (TPSA) is 29.3 Å². The summed E-state index contributed by atoms with van der Waals surface area (Å²) in [7, 11) is 0. The van der Waals surface area contributed by atoms with E-state index in [4.69, 9.17) is 9.40 Å². The normalized spacial score (nSPS) is 11.4. The molecule has 9 rings (SSSR count). The molecule has 7 aromatic carbocycles. The molecule has 0 fully saturated rings. The molecule has 2 aromatic heterocycles. The fourth-order valence-corrected chi connectivity index (χ4v) is 7.52. The van der Waals surface area contributed by atoms with Gasteiger partial charge in [-0.1, -0.05) is 109 Å². The van der Waals surface area contributed by atoms with Crippen LogP contribution in [0.4, 0.5) is 17.1 Å². The van der Waals surface area contributed by atoms with E-state index in [2.05, 4.69) is 144 Å². The first-order valence-electron chi connectivity index (χ1n) is 15.7. The van der Waals surface area contributed by atoms with Crippen molar-refractivity contribution in [3.8, 4) is 33.7 Å². The average molecular weight is 621 g/mol. The van der Waals surface area contributed by atoms with Gasteiger partial charge in [-0.2, -0.15) is 0 Å². The van der Waals surface area contributed by atoms with Gasteiger partial charge in [0, 0.05) is 48.9 Å². The fourth-order valence-electron chi connectivity index (χ4n) is 6.37. The van der Waals surface area contributed by atoms with Gasteiger partial charge in [-0.15, -0.1) is 11.3 Å². The molecule has 0 N–H and O–H groups in total. The summed E-state index contributed by atoms with van der Waals surface area (Å²) in [5.74, 6) is 0.650. The van der Waals surface area contributed by atoms with Gasteiger partial charge in [-0.3, -0.25) is 0 Å². The van der Waals surface area contributed by atoms with Crippen LogP contribution in [0.1, 0.15) is 0 Å². The molecule has 4 heteroatoms. The summed E-state index contributed by atoms with van der Waals surface area (Å²) in [6, 6.07) is 59.9. The number of oxazole rings is 1. The second-order valence-electron chi connectivity index (χ2n) is 11.6. The van der Waals surface area contributed by atoms with Crippen LogP contribution in [0.5, 0.6) is 0 Å². The van der Waals surface area contributed by atoms with E-state index in [1.807, 2.05) is 30.3 Å². The predicted octanol–water partition coefficient (Wildman–Crippen LogP) is 12.7. The highest BCUT2D eigenvalue weighted by atomic mass is 32.1. The zero-order valence-electron chi connectivity index (χ0n) is 25.4. The minimum absolute atomic E-state index is 0.650. The van der Waals surface area contributed by atoms with Gasteiger partial charge in [0.05, 0.1) is 0 Å². The molecule has 0 saturated carbocycles. The summed E-state index contributed by atoms with van der Waals surface area (Å²) in [5.41, 5.74) is 10.8. The van der Waals surface area contributed by atoms with Crippen LogP contribution in [0.2, 0.25) is 0 Å². The molecular weight excluding hydrogens is 593 g/mol. The van der Waals surface area contributed by atoms with E-state index in [0.29, 0.717) is 5.89 Å². The maximum atomic E-state index is 6.21. The van der Waals surface area contributed by atoms with Crippen molar-refractivity contribution in [3.63, 3.8) is 0 Å². The van der Waals surface area contributed by atoms with E-state index >= 15 is 0 Å². The quantitative estimate of drug-likeness (QED) is 0.185. The molecule has 0 bridgehead atoms. The van der Waals surface area contributed by atoms with Gasteiger partial charge in [0.25, 0.3) is 0 Å². The molecule has 0 spiro atoms. The van der Waals surface area contributed by atoms with Crippen molar-refractivity contribution in [2.24, 2.45) is 0 Å². The smallest absolute Gasteiger partial charge is 0.227 e. The number of benzene rings is 7. The first kappa shape index (κ1) is 27.3. The third kappa shape index (κ3) is 5.05. The first-order valence-corrected chi connectivity index (χ1v) is 16.5. The largest absolute Gasteiger partial charge is 0.436 e. The Labute approximate surface area is 276 Å². The molecule has 9 aromatic rings. The monoisotopic (exact) mass is 620 g/mol. The van der Waals surface area contributed by atoms with Crippen LogP contribution >= 0.6 is 11.3 Å². The van der Waals surface area contributed by atoms with E-state index < -0.39 is 0 Å². The molecule has 47 heavy (non-hydrogen) atoms. The molecule has 2 heterocycles. The van der Waals surface area contributed by atoms with Crippen LogP contribution in [0.3, 0.4) is 0 Å². The van der Waals surface area contributed by atoms with Crippen LogP contribution < -0.4 is 4.90 Å². The number of rotatable bonds is 6. The van der Waals surface area contributed by atoms with Crippen molar-refractivity contribution in [3.05, 3.63) is 170 Å². The summed E-state index contributed by atoms with van der Waals surface area (Å²) in [5, 5.41) is 2.42. The van der Waals surface area contributed by atoms with Gasteiger partial charge in [0.1, 0.15) is 5.52 Å². The summed E-state index contributed by atoms with van der Waals surface area (Å²) in [4.78, 5) is 7.19. The Bertz CT molecular complexity index is 2500. The highest BCUT2D eigenvalue weighted by Crippen LogP contribution is 2.43. The lowest BCUT2D eigenvalue weighted by Gasteiger charge is -2.26. The Balaban J connectivity index is 1.16. The lowest BCUT2D eigenvalue weighted by Crippen LogP contribution is -2.09. The Kier molecular flexibility index (Phi) is 6.65.